The van der Waals surface area contributed by atoms with Crippen LogP contribution in [0.4, 0.5) is 5.69 Å². The maximum atomic E-state index is 5.86. The third-order valence-corrected chi connectivity index (χ3v) is 2.31. The molecule has 2 rings (SSSR count). The molecule has 0 aliphatic heterocycles. The van der Waals surface area contributed by atoms with Gasteiger partial charge in [0, 0.05) is 0 Å². The molecule has 0 bridgehead atoms. The molecule has 0 saturated carbocycles. The predicted octanol–water partition coefficient (Wildman–Crippen LogP) is 1.47. The molecule has 2 N–H and O–H groups in total. The van der Waals surface area contributed by atoms with Gasteiger partial charge in [-0.15, -0.1) is 5.10 Å². The van der Waals surface area contributed by atoms with E-state index in [2.05, 4.69) is 36.1 Å². The number of aryl methyl sites for hydroxylation is 1. The number of fused-ring (bicyclic) bond motifs is 1. The summed E-state index contributed by atoms with van der Waals surface area (Å²) in [5, 5.41) is 13.3. The Morgan fingerprint density at radius 2 is 2.00 bits per heavy atom. The molecule has 5 nitrogen and oxygen atoms in total. The van der Waals surface area contributed by atoms with E-state index >= 15 is 0 Å². The highest BCUT2D eigenvalue weighted by molar-refractivity contribution is 5.89. The highest BCUT2D eigenvalue weighted by atomic mass is 15.4. The summed E-state index contributed by atoms with van der Waals surface area (Å²) in [6.07, 6.45) is 1.56. The minimum Gasteiger partial charge on any atom is -0.397 e. The average Bonchev–Trinajstić information content (AvgIpc) is 2.44. The molecular weight excluding hydrogens is 190 g/mol. The highest BCUT2D eigenvalue weighted by Gasteiger charge is 2.21. The maximum Gasteiger partial charge on any atom is 0.183 e. The van der Waals surface area contributed by atoms with Crippen LogP contribution in [0, 0.1) is 6.92 Å². The zero-order valence-corrected chi connectivity index (χ0v) is 9.44. The van der Waals surface area contributed by atoms with E-state index in [0.29, 0.717) is 5.69 Å². The van der Waals surface area contributed by atoms with E-state index in [9.17, 15) is 0 Å². The van der Waals surface area contributed by atoms with Crippen molar-refractivity contribution in [3.63, 3.8) is 0 Å². The second-order valence-corrected chi connectivity index (χ2v) is 4.67. The number of hydrogen-bond acceptors (Lipinski definition) is 4. The molecule has 0 aromatic carbocycles. The minimum absolute atomic E-state index is 0.116. The van der Waals surface area contributed by atoms with Gasteiger partial charge in [-0.2, -0.15) is 10.2 Å². The second kappa shape index (κ2) is 2.92. The van der Waals surface area contributed by atoms with Crippen LogP contribution in [0.15, 0.2) is 6.20 Å². The Morgan fingerprint density at radius 1 is 1.33 bits per heavy atom. The lowest BCUT2D eigenvalue weighted by atomic mass is 10.1. The van der Waals surface area contributed by atoms with E-state index in [1.165, 1.54) is 0 Å². The Hall–Kier alpha value is -1.65. The fourth-order valence-electron chi connectivity index (χ4n) is 1.62. The first-order valence-corrected chi connectivity index (χ1v) is 4.88. The van der Waals surface area contributed by atoms with Crippen LogP contribution in [-0.4, -0.2) is 20.0 Å². The normalized spacial score (nSPS) is 12.3. The molecule has 2 heterocycles. The van der Waals surface area contributed by atoms with E-state index < -0.39 is 0 Å². The lowest BCUT2D eigenvalue weighted by Crippen LogP contribution is -2.23. The monoisotopic (exact) mass is 205 g/mol. The zero-order valence-electron chi connectivity index (χ0n) is 9.44. The van der Waals surface area contributed by atoms with Gasteiger partial charge in [0.05, 0.1) is 28.5 Å². The van der Waals surface area contributed by atoms with Crippen molar-refractivity contribution < 1.29 is 0 Å². The minimum atomic E-state index is -0.116. The summed E-state index contributed by atoms with van der Waals surface area (Å²) >= 11 is 0. The quantitative estimate of drug-likeness (QED) is 0.707. The van der Waals surface area contributed by atoms with E-state index in [4.69, 9.17) is 5.73 Å². The first-order chi connectivity index (χ1) is 6.91. The van der Waals surface area contributed by atoms with Gasteiger partial charge in [-0.05, 0) is 27.7 Å². The van der Waals surface area contributed by atoms with Crippen molar-refractivity contribution >= 4 is 16.7 Å². The summed E-state index contributed by atoms with van der Waals surface area (Å²) in [4.78, 5) is 0. The first kappa shape index (κ1) is 9.89. The number of nitrogens with two attached hydrogens (primary N) is 1. The Balaban J connectivity index is 2.85. The molecule has 5 heteroatoms. The van der Waals surface area contributed by atoms with Gasteiger partial charge < -0.3 is 5.73 Å². The van der Waals surface area contributed by atoms with Gasteiger partial charge in [-0.25, -0.2) is 4.68 Å². The van der Waals surface area contributed by atoms with Crippen LogP contribution in [0.5, 0.6) is 0 Å². The topological polar surface area (TPSA) is 69.6 Å². The van der Waals surface area contributed by atoms with Gasteiger partial charge in [-0.1, -0.05) is 0 Å². The summed E-state index contributed by atoms with van der Waals surface area (Å²) in [5.41, 5.74) is 8.02. The van der Waals surface area contributed by atoms with Crippen molar-refractivity contribution in [2.24, 2.45) is 0 Å². The smallest absolute Gasteiger partial charge is 0.183 e. The van der Waals surface area contributed by atoms with E-state index in [0.717, 1.165) is 16.7 Å². The van der Waals surface area contributed by atoms with Gasteiger partial charge in [0.15, 0.2) is 5.65 Å². The lowest BCUT2D eigenvalue weighted by Gasteiger charge is -2.19. The molecule has 80 valence electrons. The molecule has 2 aromatic rings. The molecule has 0 radical (unpaired) electrons. The van der Waals surface area contributed by atoms with Crippen LogP contribution in [0.1, 0.15) is 26.5 Å². The number of aromatic nitrogens is 4. The fourth-order valence-corrected chi connectivity index (χ4v) is 1.62. The molecule has 15 heavy (non-hydrogen) atoms. The first-order valence-electron chi connectivity index (χ1n) is 4.88. The van der Waals surface area contributed by atoms with Crippen molar-refractivity contribution in [2.75, 3.05) is 5.73 Å². The van der Waals surface area contributed by atoms with Crippen molar-refractivity contribution in [2.45, 2.75) is 33.2 Å². The van der Waals surface area contributed by atoms with Crippen molar-refractivity contribution in [1.82, 2.24) is 20.0 Å². The van der Waals surface area contributed by atoms with Crippen molar-refractivity contribution in [3.05, 3.63) is 11.9 Å². The Kier molecular flexibility index (Phi) is 1.92. The predicted molar refractivity (Wildman–Crippen MR) is 59.5 cm³/mol. The molecule has 2 aromatic heterocycles. The highest BCUT2D eigenvalue weighted by Crippen LogP contribution is 2.25. The summed E-state index contributed by atoms with van der Waals surface area (Å²) in [7, 11) is 0. The summed E-state index contributed by atoms with van der Waals surface area (Å²) in [5.74, 6) is 0. The van der Waals surface area contributed by atoms with Crippen LogP contribution in [-0.2, 0) is 5.54 Å². The van der Waals surface area contributed by atoms with Crippen LogP contribution < -0.4 is 5.73 Å². The van der Waals surface area contributed by atoms with E-state index in [1.807, 2.05) is 11.6 Å². The number of hydrogen-bond donors (Lipinski definition) is 1. The SMILES string of the molecule is Cc1nn(C(C)(C)C)c2nncc(N)c12. The lowest BCUT2D eigenvalue weighted by molar-refractivity contribution is 0.363. The molecule has 0 saturated heterocycles. The average molecular weight is 205 g/mol. The van der Waals surface area contributed by atoms with Gasteiger partial charge in [0.25, 0.3) is 0 Å². The Bertz CT molecular complexity index is 506. The van der Waals surface area contributed by atoms with E-state index in [-0.39, 0.29) is 5.54 Å². The molecule has 0 aliphatic carbocycles. The molecule has 0 fully saturated rings. The molecule has 0 spiro atoms. The summed E-state index contributed by atoms with van der Waals surface area (Å²) in [6.45, 7) is 8.15. The van der Waals surface area contributed by atoms with E-state index in [1.54, 1.807) is 6.20 Å². The maximum absolute atomic E-state index is 5.86. The van der Waals surface area contributed by atoms with Gasteiger partial charge >= 0.3 is 0 Å². The number of anilines is 1. The second-order valence-electron chi connectivity index (χ2n) is 4.67. The fraction of sp³-hybridized carbons (Fsp3) is 0.500. The largest absolute Gasteiger partial charge is 0.397 e. The Morgan fingerprint density at radius 3 is 2.60 bits per heavy atom. The molecule has 0 unspecified atom stereocenters. The van der Waals surface area contributed by atoms with Gasteiger partial charge in [0.2, 0.25) is 0 Å². The van der Waals surface area contributed by atoms with Crippen molar-refractivity contribution in [3.8, 4) is 0 Å². The third kappa shape index (κ3) is 1.44. The Labute approximate surface area is 88.3 Å². The van der Waals surface area contributed by atoms with Crippen LogP contribution in [0.25, 0.3) is 11.0 Å². The summed E-state index contributed by atoms with van der Waals surface area (Å²) in [6, 6.07) is 0. The number of nitrogens with zero attached hydrogens (tertiary/aromatic N) is 4. The summed E-state index contributed by atoms with van der Waals surface area (Å²) < 4.78 is 1.86. The van der Waals surface area contributed by atoms with Crippen LogP contribution in [0.2, 0.25) is 0 Å². The molecular formula is C10H15N5. The van der Waals surface area contributed by atoms with Crippen LogP contribution in [0.3, 0.4) is 0 Å². The molecule has 0 atom stereocenters. The number of rotatable bonds is 0. The van der Waals surface area contributed by atoms with Crippen LogP contribution >= 0.6 is 0 Å². The van der Waals surface area contributed by atoms with Gasteiger partial charge in [0.1, 0.15) is 0 Å². The van der Waals surface area contributed by atoms with Crippen molar-refractivity contribution in [1.29, 1.82) is 0 Å². The number of nitrogen functional groups attached to an aromatic ring is 1. The molecule has 0 amide bonds. The third-order valence-electron chi connectivity index (χ3n) is 2.31. The standard InChI is InChI=1S/C10H15N5/c1-6-8-7(11)5-12-13-9(8)15(14-6)10(2,3)4/h5H,1-4H3,(H2,11,13). The zero-order chi connectivity index (χ0) is 11.2. The van der Waals surface area contributed by atoms with Gasteiger partial charge in [-0.3, -0.25) is 0 Å². The molecule has 0 aliphatic rings.